The van der Waals surface area contributed by atoms with Crippen molar-refractivity contribution >= 4 is 52.4 Å². The number of carboxylic acid groups (broad SMARTS) is 1. The molecule has 0 spiro atoms. The van der Waals surface area contributed by atoms with E-state index < -0.39 is 35.3 Å². The van der Waals surface area contributed by atoms with E-state index in [-0.39, 0.29) is 32.7 Å². The fraction of sp³-hybridized carbons (Fsp3) is 0.391. The molecule has 2 aromatic carbocycles. The van der Waals surface area contributed by atoms with E-state index in [0.29, 0.717) is 12.0 Å². The molecule has 2 rings (SSSR count). The van der Waals surface area contributed by atoms with Gasteiger partial charge < -0.3 is 10.4 Å². The van der Waals surface area contributed by atoms with Crippen LogP contribution in [0, 0.1) is 11.3 Å². The van der Waals surface area contributed by atoms with E-state index in [4.69, 9.17) is 34.8 Å². The molecule has 33 heavy (non-hydrogen) atoms. The van der Waals surface area contributed by atoms with Gasteiger partial charge in [0, 0.05) is 0 Å². The molecule has 0 saturated heterocycles. The first-order valence-electron chi connectivity index (χ1n) is 10.0. The highest BCUT2D eigenvalue weighted by Crippen LogP contribution is 2.40. The van der Waals surface area contributed by atoms with Crippen molar-refractivity contribution in [1.29, 1.82) is 0 Å². The zero-order valence-corrected chi connectivity index (χ0v) is 20.3. The minimum absolute atomic E-state index is 0.0221. The molecule has 0 bridgehead atoms. The molecule has 0 aliphatic rings. The third-order valence-corrected chi connectivity index (χ3v) is 6.85. The van der Waals surface area contributed by atoms with Crippen molar-refractivity contribution in [2.24, 2.45) is 11.3 Å². The van der Waals surface area contributed by atoms with Crippen molar-refractivity contribution in [2.45, 2.75) is 45.7 Å². The third-order valence-electron chi connectivity index (χ3n) is 5.78. The number of nitrogens with one attached hydrogen (secondary N) is 1. The number of amides is 1. The third kappa shape index (κ3) is 6.55. The van der Waals surface area contributed by atoms with Crippen LogP contribution in [0.2, 0.25) is 15.1 Å². The molecule has 2 aromatic rings. The number of alkyl halides is 3. The molecule has 0 saturated carbocycles. The summed E-state index contributed by atoms with van der Waals surface area (Å²) >= 11 is 18.0. The summed E-state index contributed by atoms with van der Waals surface area (Å²) in [5.74, 6) is -5.58. The standard InChI is InChI=1S/C23H23Cl3F3NO3/c1-4-22(3,21(32)33)11-13-5-7-16(25)18(9-13)30-20(31)19(12(2)23(27,28)29)14-6-8-15(24)17(26)10-14/h5-10,12,19H,4,11H2,1-3H3,(H,30,31)(H,32,33)/t12-,19+,22+/m1/s1. The average molecular weight is 525 g/mol. The Labute approximate surface area is 205 Å². The Bertz CT molecular complexity index is 1050. The van der Waals surface area contributed by atoms with Crippen LogP contribution in [0.4, 0.5) is 18.9 Å². The Hall–Kier alpha value is -1.96. The van der Waals surface area contributed by atoms with Crippen molar-refractivity contribution in [3.63, 3.8) is 0 Å². The van der Waals surface area contributed by atoms with Gasteiger partial charge in [-0.3, -0.25) is 9.59 Å². The Balaban J connectivity index is 2.42. The van der Waals surface area contributed by atoms with Crippen LogP contribution in [0.25, 0.3) is 0 Å². The van der Waals surface area contributed by atoms with E-state index in [1.54, 1.807) is 19.9 Å². The van der Waals surface area contributed by atoms with Crippen LogP contribution in [0.1, 0.15) is 44.2 Å². The molecule has 0 radical (unpaired) electrons. The Morgan fingerprint density at radius 2 is 1.64 bits per heavy atom. The molecule has 180 valence electrons. The van der Waals surface area contributed by atoms with Crippen molar-refractivity contribution in [1.82, 2.24) is 0 Å². The molecule has 4 nitrogen and oxygen atoms in total. The van der Waals surface area contributed by atoms with Crippen molar-refractivity contribution in [3.8, 4) is 0 Å². The molecule has 0 aliphatic carbocycles. The van der Waals surface area contributed by atoms with Crippen molar-refractivity contribution in [3.05, 3.63) is 62.6 Å². The van der Waals surface area contributed by atoms with Crippen LogP contribution in [0.5, 0.6) is 0 Å². The summed E-state index contributed by atoms with van der Waals surface area (Å²) < 4.78 is 40.8. The molecule has 1 amide bonds. The van der Waals surface area contributed by atoms with Gasteiger partial charge in [0.25, 0.3) is 0 Å². The number of hydrogen-bond acceptors (Lipinski definition) is 2. The summed E-state index contributed by atoms with van der Waals surface area (Å²) in [7, 11) is 0. The number of halogens is 6. The zero-order valence-electron chi connectivity index (χ0n) is 18.1. The topological polar surface area (TPSA) is 66.4 Å². The fourth-order valence-electron chi connectivity index (χ4n) is 3.35. The van der Waals surface area contributed by atoms with Gasteiger partial charge in [-0.25, -0.2) is 0 Å². The monoisotopic (exact) mass is 523 g/mol. The van der Waals surface area contributed by atoms with E-state index in [9.17, 15) is 27.9 Å². The smallest absolute Gasteiger partial charge is 0.392 e. The lowest BCUT2D eigenvalue weighted by atomic mass is 9.81. The average Bonchev–Trinajstić information content (AvgIpc) is 2.72. The van der Waals surface area contributed by atoms with E-state index in [2.05, 4.69) is 5.32 Å². The van der Waals surface area contributed by atoms with Crippen molar-refractivity contribution < 1.29 is 27.9 Å². The van der Waals surface area contributed by atoms with Crippen LogP contribution in [-0.2, 0) is 16.0 Å². The summed E-state index contributed by atoms with van der Waals surface area (Å²) in [6.07, 6.45) is -4.16. The van der Waals surface area contributed by atoms with Gasteiger partial charge in [-0.15, -0.1) is 0 Å². The summed E-state index contributed by atoms with van der Waals surface area (Å²) in [5.41, 5.74) is -0.357. The minimum Gasteiger partial charge on any atom is -0.481 e. The zero-order chi connectivity index (χ0) is 25.1. The number of carboxylic acids is 1. The van der Waals surface area contributed by atoms with Gasteiger partial charge in [-0.1, -0.05) is 60.8 Å². The van der Waals surface area contributed by atoms with Gasteiger partial charge in [0.05, 0.1) is 38.0 Å². The number of hydrogen-bond donors (Lipinski definition) is 2. The number of carbonyl (C=O) groups is 2. The first-order valence-corrected chi connectivity index (χ1v) is 11.2. The summed E-state index contributed by atoms with van der Waals surface area (Å²) in [4.78, 5) is 24.7. The lowest BCUT2D eigenvalue weighted by Crippen LogP contribution is -2.34. The van der Waals surface area contributed by atoms with Crippen LogP contribution in [-0.4, -0.2) is 23.2 Å². The molecule has 0 unspecified atom stereocenters. The molecule has 0 aliphatic heterocycles. The number of benzene rings is 2. The van der Waals surface area contributed by atoms with Gasteiger partial charge in [-0.2, -0.15) is 13.2 Å². The number of rotatable bonds is 8. The minimum atomic E-state index is -4.66. The van der Waals surface area contributed by atoms with E-state index >= 15 is 0 Å². The largest absolute Gasteiger partial charge is 0.481 e. The molecule has 0 aromatic heterocycles. The van der Waals surface area contributed by atoms with Crippen LogP contribution in [0.15, 0.2) is 36.4 Å². The van der Waals surface area contributed by atoms with Gasteiger partial charge in [0.1, 0.15) is 0 Å². The first-order chi connectivity index (χ1) is 15.2. The molecule has 2 N–H and O–H groups in total. The molecule has 0 fully saturated rings. The van der Waals surface area contributed by atoms with Crippen LogP contribution in [0.3, 0.4) is 0 Å². The Morgan fingerprint density at radius 1 is 1.03 bits per heavy atom. The van der Waals surface area contributed by atoms with Crippen molar-refractivity contribution in [2.75, 3.05) is 5.32 Å². The molecular formula is C23H23Cl3F3NO3. The first kappa shape index (κ1) is 27.3. The predicted molar refractivity (Wildman–Crippen MR) is 124 cm³/mol. The highest BCUT2D eigenvalue weighted by atomic mass is 35.5. The Kier molecular flexibility index (Phi) is 8.71. The lowest BCUT2D eigenvalue weighted by molar-refractivity contribution is -0.178. The lowest BCUT2D eigenvalue weighted by Gasteiger charge is -2.26. The summed E-state index contributed by atoms with van der Waals surface area (Å²) in [5, 5.41) is 12.3. The van der Waals surface area contributed by atoms with E-state index in [1.165, 1.54) is 30.3 Å². The maximum Gasteiger partial charge on any atom is 0.392 e. The van der Waals surface area contributed by atoms with Gasteiger partial charge >= 0.3 is 12.1 Å². The fourth-order valence-corrected chi connectivity index (χ4v) is 3.82. The number of aliphatic carboxylic acids is 1. The molecular weight excluding hydrogens is 502 g/mol. The number of carbonyl (C=O) groups excluding carboxylic acids is 1. The predicted octanol–water partition coefficient (Wildman–Crippen LogP) is 7.61. The van der Waals surface area contributed by atoms with Crippen LogP contribution >= 0.6 is 34.8 Å². The maximum atomic E-state index is 13.6. The quantitative estimate of drug-likeness (QED) is 0.373. The normalized spacial score (nSPS) is 15.4. The Morgan fingerprint density at radius 3 is 2.15 bits per heavy atom. The molecule has 0 heterocycles. The van der Waals surface area contributed by atoms with Gasteiger partial charge in [0.2, 0.25) is 5.91 Å². The van der Waals surface area contributed by atoms with Gasteiger partial charge in [0.15, 0.2) is 0 Å². The second kappa shape index (κ2) is 10.5. The summed E-state index contributed by atoms with van der Waals surface area (Å²) in [6, 6.07) is 8.43. The van der Waals surface area contributed by atoms with Gasteiger partial charge in [-0.05, 0) is 55.2 Å². The summed E-state index contributed by atoms with van der Waals surface area (Å²) in [6.45, 7) is 4.24. The maximum absolute atomic E-state index is 13.6. The molecule has 10 heteroatoms. The second-order valence-corrected chi connectivity index (χ2v) is 9.40. The van der Waals surface area contributed by atoms with E-state index in [1.807, 2.05) is 0 Å². The van der Waals surface area contributed by atoms with E-state index in [0.717, 1.165) is 6.92 Å². The number of anilines is 1. The highest BCUT2D eigenvalue weighted by molar-refractivity contribution is 6.42. The highest BCUT2D eigenvalue weighted by Gasteiger charge is 2.45. The SMILES string of the molecule is CC[C@@](C)(Cc1ccc(Cl)c(NC(=O)[C@H](c2ccc(Cl)c(Cl)c2)[C@@H](C)C(F)(F)F)c1)C(=O)O. The molecule has 3 atom stereocenters. The van der Waals surface area contributed by atoms with Crippen LogP contribution < -0.4 is 5.32 Å². The second-order valence-electron chi connectivity index (χ2n) is 8.18.